The van der Waals surface area contributed by atoms with Crippen molar-refractivity contribution in [3.63, 3.8) is 0 Å². The number of anilines is 1. The minimum absolute atomic E-state index is 0.0438. The maximum atomic E-state index is 13.4. The summed E-state index contributed by atoms with van der Waals surface area (Å²) in [7, 11) is -3.73. The molecule has 0 bridgehead atoms. The first-order valence-corrected chi connectivity index (χ1v) is 7.37. The number of aryl methyl sites for hydroxylation is 1. The van der Waals surface area contributed by atoms with E-state index >= 15 is 0 Å². The molecule has 6 heteroatoms. The Kier molecular flexibility index (Phi) is 4.70. The van der Waals surface area contributed by atoms with Gasteiger partial charge in [0.1, 0.15) is 5.82 Å². The van der Waals surface area contributed by atoms with Crippen LogP contribution >= 0.6 is 0 Å². The molecule has 3 N–H and O–H groups in total. The van der Waals surface area contributed by atoms with Gasteiger partial charge in [-0.05, 0) is 44.4 Å². The van der Waals surface area contributed by atoms with Gasteiger partial charge in [0.05, 0.1) is 10.6 Å². The van der Waals surface area contributed by atoms with Gasteiger partial charge in [-0.3, -0.25) is 0 Å². The van der Waals surface area contributed by atoms with Crippen LogP contribution in [-0.4, -0.2) is 14.5 Å². The van der Waals surface area contributed by atoms with Crippen LogP contribution in [0.4, 0.5) is 10.1 Å². The van der Waals surface area contributed by atoms with Crippen molar-refractivity contribution < 1.29 is 12.8 Å². The molecule has 106 valence electrons. The SMILES string of the molecule is C=CCC(C)NS(=O)(=O)c1c(C)cc(F)c(N)c1C. The average molecular weight is 286 g/mol. The second-order valence-corrected chi connectivity index (χ2v) is 6.24. The molecule has 1 unspecified atom stereocenters. The summed E-state index contributed by atoms with van der Waals surface area (Å²) in [5.74, 6) is -0.604. The maximum Gasteiger partial charge on any atom is 0.241 e. The second kappa shape index (κ2) is 5.71. The fourth-order valence-electron chi connectivity index (χ4n) is 1.97. The molecule has 0 aromatic heterocycles. The summed E-state index contributed by atoms with van der Waals surface area (Å²) in [6.07, 6.45) is 2.14. The van der Waals surface area contributed by atoms with E-state index in [4.69, 9.17) is 5.73 Å². The summed E-state index contributed by atoms with van der Waals surface area (Å²) < 4.78 is 40.6. The van der Waals surface area contributed by atoms with Crippen LogP contribution < -0.4 is 10.5 Å². The highest BCUT2D eigenvalue weighted by molar-refractivity contribution is 7.89. The molecule has 19 heavy (non-hydrogen) atoms. The van der Waals surface area contributed by atoms with Gasteiger partial charge in [-0.25, -0.2) is 17.5 Å². The molecule has 0 fully saturated rings. The molecule has 0 amide bonds. The Bertz CT molecular complexity index is 597. The standard InChI is InChI=1S/C13H19FN2O2S/c1-5-6-9(3)16-19(17,18)13-8(2)7-11(14)12(15)10(13)4/h5,7,9,16H,1,6,15H2,2-4H3. The zero-order chi connectivity index (χ0) is 14.8. The molecule has 1 aromatic carbocycles. The summed E-state index contributed by atoms with van der Waals surface area (Å²) in [6.45, 7) is 8.33. The lowest BCUT2D eigenvalue weighted by Gasteiger charge is -2.17. The number of nitrogens with one attached hydrogen (secondary N) is 1. The average Bonchev–Trinajstić information content (AvgIpc) is 2.24. The first-order chi connectivity index (χ1) is 8.70. The van der Waals surface area contributed by atoms with Crippen LogP contribution in [0.5, 0.6) is 0 Å². The highest BCUT2D eigenvalue weighted by Crippen LogP contribution is 2.27. The lowest BCUT2D eigenvalue weighted by atomic mass is 10.1. The molecule has 1 atom stereocenters. The molecular weight excluding hydrogens is 267 g/mol. The number of benzene rings is 1. The predicted molar refractivity (Wildman–Crippen MR) is 74.9 cm³/mol. The molecular formula is C13H19FN2O2S. The van der Waals surface area contributed by atoms with Crippen molar-refractivity contribution in [3.05, 3.63) is 35.7 Å². The fraction of sp³-hybridized carbons (Fsp3) is 0.385. The van der Waals surface area contributed by atoms with E-state index < -0.39 is 15.8 Å². The summed E-state index contributed by atoms with van der Waals surface area (Å²) in [4.78, 5) is 0.0438. The number of rotatable bonds is 5. The summed E-state index contributed by atoms with van der Waals surface area (Å²) in [5.41, 5.74) is 5.99. The van der Waals surface area contributed by atoms with Crippen LogP contribution in [0.3, 0.4) is 0 Å². The third-order valence-electron chi connectivity index (χ3n) is 2.85. The van der Waals surface area contributed by atoms with Gasteiger partial charge in [0.15, 0.2) is 0 Å². The first-order valence-electron chi connectivity index (χ1n) is 5.89. The molecule has 0 saturated heterocycles. The maximum absolute atomic E-state index is 13.4. The van der Waals surface area contributed by atoms with Crippen molar-refractivity contribution in [2.24, 2.45) is 0 Å². The summed E-state index contributed by atoms with van der Waals surface area (Å²) in [6, 6.07) is 0.849. The van der Waals surface area contributed by atoms with E-state index in [1.807, 2.05) is 0 Å². The molecule has 1 aromatic rings. The van der Waals surface area contributed by atoms with Crippen molar-refractivity contribution in [1.82, 2.24) is 4.72 Å². The Morgan fingerprint density at radius 1 is 1.53 bits per heavy atom. The van der Waals surface area contributed by atoms with E-state index in [0.717, 1.165) is 6.07 Å². The van der Waals surface area contributed by atoms with Crippen LogP contribution in [0.1, 0.15) is 24.5 Å². The molecule has 0 radical (unpaired) electrons. The zero-order valence-corrected chi connectivity index (χ0v) is 12.1. The number of halogens is 1. The number of hydrogen-bond acceptors (Lipinski definition) is 3. The molecule has 0 heterocycles. The number of sulfonamides is 1. The minimum Gasteiger partial charge on any atom is -0.396 e. The lowest BCUT2D eigenvalue weighted by molar-refractivity contribution is 0.560. The van der Waals surface area contributed by atoms with E-state index in [1.165, 1.54) is 6.92 Å². The van der Waals surface area contributed by atoms with Crippen LogP contribution in [0.2, 0.25) is 0 Å². The smallest absolute Gasteiger partial charge is 0.241 e. The molecule has 0 aliphatic carbocycles. The summed E-state index contributed by atoms with van der Waals surface area (Å²) in [5, 5.41) is 0. The van der Waals surface area contributed by atoms with E-state index in [9.17, 15) is 12.8 Å². The van der Waals surface area contributed by atoms with Crippen LogP contribution in [0.15, 0.2) is 23.6 Å². The Balaban J connectivity index is 3.30. The lowest BCUT2D eigenvalue weighted by Crippen LogP contribution is -2.33. The quantitative estimate of drug-likeness (QED) is 0.644. The van der Waals surface area contributed by atoms with Gasteiger partial charge in [-0.1, -0.05) is 6.08 Å². The van der Waals surface area contributed by atoms with Crippen LogP contribution in [0.25, 0.3) is 0 Å². The molecule has 0 spiro atoms. The van der Waals surface area contributed by atoms with Crippen molar-refractivity contribution in [2.45, 2.75) is 38.1 Å². The highest BCUT2D eigenvalue weighted by Gasteiger charge is 2.24. The Morgan fingerprint density at radius 2 is 2.11 bits per heavy atom. The normalized spacial score (nSPS) is 13.3. The van der Waals surface area contributed by atoms with Gasteiger partial charge in [-0.15, -0.1) is 6.58 Å². The largest absolute Gasteiger partial charge is 0.396 e. The van der Waals surface area contributed by atoms with Crippen molar-refractivity contribution in [2.75, 3.05) is 5.73 Å². The number of nitrogens with two attached hydrogens (primary N) is 1. The number of nitrogen functional groups attached to an aromatic ring is 1. The van der Waals surface area contributed by atoms with Crippen molar-refractivity contribution >= 4 is 15.7 Å². The zero-order valence-electron chi connectivity index (χ0n) is 11.3. The van der Waals surface area contributed by atoms with Gasteiger partial charge in [0.25, 0.3) is 0 Å². The topological polar surface area (TPSA) is 72.2 Å². The highest BCUT2D eigenvalue weighted by atomic mass is 32.2. The van der Waals surface area contributed by atoms with E-state index in [-0.39, 0.29) is 22.2 Å². The molecule has 0 saturated carbocycles. The van der Waals surface area contributed by atoms with Gasteiger partial charge in [-0.2, -0.15) is 0 Å². The first kappa shape index (κ1) is 15.7. The molecule has 4 nitrogen and oxygen atoms in total. The fourth-order valence-corrected chi connectivity index (χ4v) is 3.71. The van der Waals surface area contributed by atoms with Gasteiger partial charge < -0.3 is 5.73 Å². The van der Waals surface area contributed by atoms with Gasteiger partial charge >= 0.3 is 0 Å². The molecule has 0 aliphatic rings. The third-order valence-corrected chi connectivity index (χ3v) is 4.73. The predicted octanol–water partition coefficient (Wildman–Crippen LogP) is 2.27. The van der Waals surface area contributed by atoms with Crippen LogP contribution in [0, 0.1) is 19.7 Å². The van der Waals surface area contributed by atoms with Crippen LogP contribution in [-0.2, 0) is 10.0 Å². The second-order valence-electron chi connectivity index (χ2n) is 4.59. The third kappa shape index (κ3) is 3.33. The Labute approximate surface area is 113 Å². The minimum atomic E-state index is -3.73. The van der Waals surface area contributed by atoms with Crippen molar-refractivity contribution in [3.8, 4) is 0 Å². The molecule has 0 aliphatic heterocycles. The van der Waals surface area contributed by atoms with Crippen molar-refractivity contribution in [1.29, 1.82) is 0 Å². The van der Waals surface area contributed by atoms with Gasteiger partial charge in [0.2, 0.25) is 10.0 Å². The van der Waals surface area contributed by atoms with E-state index in [1.54, 1.807) is 19.9 Å². The summed E-state index contributed by atoms with van der Waals surface area (Å²) >= 11 is 0. The Morgan fingerprint density at radius 3 is 2.63 bits per heavy atom. The molecule has 1 rings (SSSR count). The monoisotopic (exact) mass is 286 g/mol. The van der Waals surface area contributed by atoms with E-state index in [2.05, 4.69) is 11.3 Å². The van der Waals surface area contributed by atoms with E-state index in [0.29, 0.717) is 12.0 Å². The Hall–Kier alpha value is -1.40. The number of hydrogen-bond donors (Lipinski definition) is 2. The van der Waals surface area contributed by atoms with Gasteiger partial charge in [0, 0.05) is 6.04 Å².